The average molecular weight is 628 g/mol. The molecule has 1 nitrogen and oxygen atoms in total. The van der Waals surface area contributed by atoms with Gasteiger partial charge in [-0.1, -0.05) is 109 Å². The van der Waals surface area contributed by atoms with Gasteiger partial charge in [-0.3, -0.25) is 0 Å². The molecular formula is C48H37N. The first-order valence-corrected chi connectivity index (χ1v) is 17.7. The van der Waals surface area contributed by atoms with Crippen molar-refractivity contribution in [1.29, 1.82) is 0 Å². The van der Waals surface area contributed by atoms with E-state index in [1.54, 1.807) is 0 Å². The van der Waals surface area contributed by atoms with E-state index >= 15 is 0 Å². The molecule has 10 rings (SSSR count). The molecule has 1 aromatic heterocycles. The molecule has 2 bridgehead atoms. The molecule has 49 heavy (non-hydrogen) atoms. The second-order valence-electron chi connectivity index (χ2n) is 14.3. The van der Waals surface area contributed by atoms with Gasteiger partial charge in [0.15, 0.2) is 0 Å². The smallest absolute Gasteiger partial charge is 0.0791 e. The molecule has 0 spiro atoms. The van der Waals surface area contributed by atoms with E-state index < -0.39 is 0 Å². The van der Waals surface area contributed by atoms with Crippen molar-refractivity contribution in [3.63, 3.8) is 0 Å². The van der Waals surface area contributed by atoms with Gasteiger partial charge in [0.1, 0.15) is 0 Å². The molecule has 2 aliphatic rings. The zero-order valence-corrected chi connectivity index (χ0v) is 28.4. The van der Waals surface area contributed by atoms with E-state index in [1.807, 2.05) is 0 Å². The fourth-order valence-electron chi connectivity index (χ4n) is 9.38. The Morgan fingerprint density at radius 2 is 1.22 bits per heavy atom. The van der Waals surface area contributed by atoms with Gasteiger partial charge in [0.2, 0.25) is 0 Å². The van der Waals surface area contributed by atoms with Crippen LogP contribution >= 0.6 is 0 Å². The minimum atomic E-state index is 0.315. The molecule has 0 aliphatic heterocycles. The van der Waals surface area contributed by atoms with E-state index in [4.69, 9.17) is 4.98 Å². The quantitative estimate of drug-likeness (QED) is 0.107. The molecule has 7 aromatic carbocycles. The molecule has 2 unspecified atom stereocenters. The maximum Gasteiger partial charge on any atom is 0.0791 e. The Hall–Kier alpha value is -5.53. The molecule has 0 saturated heterocycles. The SMILES string of the molecule is C/C=C\C=C(/C)c1nc2c(cc3ccc4cccc5ccc2c3c45)c2c1C1CC2c2cc(-c3ccccc3C)c(-c3ccccc3C)cc21. The third-order valence-electron chi connectivity index (χ3n) is 11.6. The Bertz CT molecular complexity index is 2720. The second-order valence-corrected chi connectivity index (χ2v) is 14.3. The summed E-state index contributed by atoms with van der Waals surface area (Å²) >= 11 is 0. The number of fused-ring (bicyclic) bond motifs is 11. The molecule has 0 N–H and O–H groups in total. The summed E-state index contributed by atoms with van der Waals surface area (Å²) in [6.45, 7) is 8.82. The van der Waals surface area contributed by atoms with Crippen LogP contribution in [0, 0.1) is 13.8 Å². The van der Waals surface area contributed by atoms with Gasteiger partial charge < -0.3 is 0 Å². The van der Waals surface area contributed by atoms with Crippen LogP contribution in [-0.4, -0.2) is 4.98 Å². The lowest BCUT2D eigenvalue weighted by Crippen LogP contribution is -2.10. The van der Waals surface area contributed by atoms with Crippen molar-refractivity contribution in [2.75, 3.05) is 0 Å². The first-order valence-electron chi connectivity index (χ1n) is 17.7. The first-order chi connectivity index (χ1) is 24.0. The van der Waals surface area contributed by atoms with Crippen LogP contribution in [0.15, 0.2) is 127 Å². The zero-order chi connectivity index (χ0) is 33.0. The van der Waals surface area contributed by atoms with Gasteiger partial charge in [-0.15, -0.1) is 0 Å². The standard InChI is InChI=1S/C48H37N/c1-5-6-12-29(4)47-46-41-26-40(38-24-36(33-17-9-7-13-27(33)2)37(25-39(38)41)34-18-10-8-14-28(34)3)45(46)42-23-32-20-19-30-15-11-16-31-21-22-35(48(42)49-47)44(32)43(30)31/h5-25,40-41H,26H2,1-4H3/b6-5-,29-12+. The number of hydrogen-bond acceptors (Lipinski definition) is 1. The number of aryl methyl sites for hydroxylation is 2. The lowest BCUT2D eigenvalue weighted by atomic mass is 9.78. The molecule has 0 amide bonds. The molecule has 0 fully saturated rings. The Labute approximate surface area is 287 Å². The Morgan fingerprint density at radius 3 is 1.88 bits per heavy atom. The normalized spacial score (nSPS) is 16.9. The van der Waals surface area contributed by atoms with Crippen LogP contribution in [0.1, 0.15) is 71.2 Å². The maximum absolute atomic E-state index is 5.67. The highest BCUT2D eigenvalue weighted by atomic mass is 14.7. The summed E-state index contributed by atoms with van der Waals surface area (Å²) in [6.07, 6.45) is 7.62. The molecule has 0 radical (unpaired) electrons. The highest BCUT2D eigenvalue weighted by Gasteiger charge is 2.45. The van der Waals surface area contributed by atoms with Crippen LogP contribution in [-0.2, 0) is 0 Å². The van der Waals surface area contributed by atoms with Crippen molar-refractivity contribution >= 4 is 48.8 Å². The number of benzene rings is 7. The van der Waals surface area contributed by atoms with E-state index in [0.29, 0.717) is 11.8 Å². The largest absolute Gasteiger partial charge is 0.247 e. The van der Waals surface area contributed by atoms with Crippen molar-refractivity contribution < 1.29 is 0 Å². The van der Waals surface area contributed by atoms with Gasteiger partial charge in [0.25, 0.3) is 0 Å². The molecule has 1 heteroatoms. The first kappa shape index (κ1) is 28.5. The molecule has 1 heterocycles. The van der Waals surface area contributed by atoms with E-state index in [1.165, 1.54) is 98.9 Å². The van der Waals surface area contributed by atoms with Crippen LogP contribution in [0.4, 0.5) is 0 Å². The Kier molecular flexibility index (Phi) is 6.09. The highest BCUT2D eigenvalue weighted by molar-refractivity contribution is 6.28. The van der Waals surface area contributed by atoms with Gasteiger partial charge >= 0.3 is 0 Å². The minimum absolute atomic E-state index is 0.315. The summed E-state index contributed by atoms with van der Waals surface area (Å²) in [5.74, 6) is 0.644. The third kappa shape index (κ3) is 3.96. The van der Waals surface area contributed by atoms with Crippen LogP contribution < -0.4 is 0 Å². The van der Waals surface area contributed by atoms with Crippen molar-refractivity contribution in [3.8, 4) is 22.3 Å². The van der Waals surface area contributed by atoms with E-state index in [-0.39, 0.29) is 0 Å². The summed E-state index contributed by atoms with van der Waals surface area (Å²) in [4.78, 5) is 5.67. The predicted molar refractivity (Wildman–Crippen MR) is 209 cm³/mol. The van der Waals surface area contributed by atoms with Crippen molar-refractivity contribution in [1.82, 2.24) is 4.98 Å². The lowest BCUT2D eigenvalue weighted by molar-refractivity contribution is 0.796. The summed E-state index contributed by atoms with van der Waals surface area (Å²) in [5.41, 5.74) is 17.4. The highest BCUT2D eigenvalue weighted by Crippen LogP contribution is 2.61. The summed E-state index contributed by atoms with van der Waals surface area (Å²) in [7, 11) is 0. The molecule has 8 aromatic rings. The predicted octanol–water partition coefficient (Wildman–Crippen LogP) is 13.0. The lowest BCUT2D eigenvalue weighted by Gasteiger charge is -2.27. The number of nitrogens with zero attached hydrogens (tertiary/aromatic N) is 1. The van der Waals surface area contributed by atoms with Gasteiger partial charge in [0.05, 0.1) is 11.2 Å². The number of allylic oxidation sites excluding steroid dienone is 4. The molecular weight excluding hydrogens is 591 g/mol. The van der Waals surface area contributed by atoms with Crippen LogP contribution in [0.3, 0.4) is 0 Å². The van der Waals surface area contributed by atoms with E-state index in [2.05, 4.69) is 155 Å². The molecule has 234 valence electrons. The fraction of sp³-hybridized carbons (Fsp3) is 0.146. The average Bonchev–Trinajstić information content (AvgIpc) is 3.70. The van der Waals surface area contributed by atoms with Crippen LogP contribution in [0.5, 0.6) is 0 Å². The van der Waals surface area contributed by atoms with Gasteiger partial charge in [-0.25, -0.2) is 4.98 Å². The van der Waals surface area contributed by atoms with Gasteiger partial charge in [-0.05, 0) is 140 Å². The van der Waals surface area contributed by atoms with Crippen LogP contribution in [0.25, 0.3) is 71.0 Å². The topological polar surface area (TPSA) is 12.9 Å². The number of rotatable bonds is 4. The van der Waals surface area contributed by atoms with Crippen molar-refractivity contribution in [2.24, 2.45) is 0 Å². The van der Waals surface area contributed by atoms with E-state index in [0.717, 1.165) is 17.6 Å². The van der Waals surface area contributed by atoms with Crippen molar-refractivity contribution in [3.05, 3.63) is 166 Å². The van der Waals surface area contributed by atoms with Gasteiger partial charge in [0, 0.05) is 22.6 Å². The van der Waals surface area contributed by atoms with Gasteiger partial charge in [-0.2, -0.15) is 0 Å². The fourth-order valence-corrected chi connectivity index (χ4v) is 9.38. The zero-order valence-electron chi connectivity index (χ0n) is 28.4. The molecule has 2 aliphatic carbocycles. The molecule has 2 atom stereocenters. The number of pyridine rings is 1. The second kappa shape index (κ2) is 10.5. The van der Waals surface area contributed by atoms with Crippen molar-refractivity contribution in [2.45, 2.75) is 46.0 Å². The third-order valence-corrected chi connectivity index (χ3v) is 11.6. The minimum Gasteiger partial charge on any atom is -0.247 e. The summed E-state index contributed by atoms with van der Waals surface area (Å²) in [5, 5.41) is 9.17. The monoisotopic (exact) mass is 627 g/mol. The maximum atomic E-state index is 5.67. The number of hydrogen-bond donors (Lipinski definition) is 0. The van der Waals surface area contributed by atoms with Crippen LogP contribution in [0.2, 0.25) is 0 Å². The Balaban J connectivity index is 1.30. The Morgan fingerprint density at radius 1 is 0.612 bits per heavy atom. The molecule has 0 saturated carbocycles. The number of aromatic nitrogens is 1. The summed E-state index contributed by atoms with van der Waals surface area (Å²) in [6, 6.07) is 41.2. The summed E-state index contributed by atoms with van der Waals surface area (Å²) < 4.78 is 0. The van der Waals surface area contributed by atoms with E-state index in [9.17, 15) is 0 Å².